The van der Waals surface area contributed by atoms with Crippen LogP contribution in [0.5, 0.6) is 0 Å². The van der Waals surface area contributed by atoms with Gasteiger partial charge in [-0.05, 0) is 34.8 Å². The Morgan fingerprint density at radius 3 is 2.50 bits per heavy atom. The summed E-state index contributed by atoms with van der Waals surface area (Å²) in [5.41, 5.74) is 0.428. The van der Waals surface area contributed by atoms with Crippen LogP contribution in [0, 0.1) is 0 Å². The van der Waals surface area contributed by atoms with E-state index >= 15 is 0 Å². The third-order valence-corrected chi connectivity index (χ3v) is 5.49. The van der Waals surface area contributed by atoms with Crippen molar-refractivity contribution in [3.8, 4) is 0 Å². The molecule has 4 heteroatoms. The molecule has 0 saturated heterocycles. The van der Waals surface area contributed by atoms with Gasteiger partial charge in [0.2, 0.25) is 0 Å². The molecule has 1 N–H and O–H groups in total. The lowest BCUT2D eigenvalue weighted by molar-refractivity contribution is -0.144. The predicted molar refractivity (Wildman–Crippen MR) is 92.3 cm³/mol. The fraction of sp³-hybridized carbons (Fsp3) is 0.500. The standard InChI is InChI=1S/C18H24BrNO2/c1-3-4-5-9-12-18(22)16(19)14(2)17(21)20(18)13-15-10-7-6-8-11-15/h6-8,10-11,22H,3-5,9,12-13H2,1-2H3. The zero-order valence-electron chi connectivity index (χ0n) is 13.3. The van der Waals surface area contributed by atoms with Gasteiger partial charge in [0, 0.05) is 18.5 Å². The molecular formula is C18H24BrNO2. The molecule has 0 aromatic heterocycles. The van der Waals surface area contributed by atoms with Crippen molar-refractivity contribution in [2.45, 2.75) is 58.2 Å². The predicted octanol–water partition coefficient (Wildman–Crippen LogP) is 4.36. The van der Waals surface area contributed by atoms with E-state index in [0.717, 1.165) is 31.2 Å². The minimum Gasteiger partial charge on any atom is -0.366 e. The average molecular weight is 366 g/mol. The van der Waals surface area contributed by atoms with Crippen molar-refractivity contribution in [2.24, 2.45) is 0 Å². The van der Waals surface area contributed by atoms with Gasteiger partial charge >= 0.3 is 0 Å². The fourth-order valence-electron chi connectivity index (χ4n) is 2.89. The molecule has 0 bridgehead atoms. The van der Waals surface area contributed by atoms with Gasteiger partial charge in [-0.3, -0.25) is 4.79 Å². The summed E-state index contributed by atoms with van der Waals surface area (Å²) in [5, 5.41) is 11.1. The molecule has 1 aliphatic heterocycles. The van der Waals surface area contributed by atoms with Crippen LogP contribution >= 0.6 is 15.9 Å². The molecule has 0 aliphatic carbocycles. The number of amides is 1. The topological polar surface area (TPSA) is 40.5 Å². The Balaban J connectivity index is 2.16. The highest BCUT2D eigenvalue weighted by Gasteiger charge is 2.47. The minimum absolute atomic E-state index is 0.0891. The van der Waals surface area contributed by atoms with E-state index in [1.165, 1.54) is 0 Å². The van der Waals surface area contributed by atoms with Crippen LogP contribution in [0.15, 0.2) is 40.4 Å². The molecule has 1 aliphatic rings. The van der Waals surface area contributed by atoms with Gasteiger partial charge in [-0.2, -0.15) is 0 Å². The maximum Gasteiger partial charge on any atom is 0.253 e. The summed E-state index contributed by atoms with van der Waals surface area (Å²) in [4.78, 5) is 14.1. The summed E-state index contributed by atoms with van der Waals surface area (Å²) in [6.45, 7) is 4.36. The van der Waals surface area contributed by atoms with Crippen molar-refractivity contribution in [3.63, 3.8) is 0 Å². The number of halogens is 1. The molecule has 1 amide bonds. The first-order valence-corrected chi connectivity index (χ1v) is 8.75. The number of benzene rings is 1. The lowest BCUT2D eigenvalue weighted by Crippen LogP contribution is -2.47. The van der Waals surface area contributed by atoms with Gasteiger partial charge in [0.1, 0.15) is 0 Å². The van der Waals surface area contributed by atoms with Crippen LogP contribution in [-0.4, -0.2) is 21.6 Å². The Labute approximate surface area is 141 Å². The van der Waals surface area contributed by atoms with E-state index in [2.05, 4.69) is 22.9 Å². The minimum atomic E-state index is -1.20. The van der Waals surface area contributed by atoms with E-state index in [4.69, 9.17) is 0 Å². The molecule has 120 valence electrons. The van der Waals surface area contributed by atoms with E-state index < -0.39 is 5.72 Å². The van der Waals surface area contributed by atoms with Gasteiger partial charge in [0.05, 0.1) is 4.48 Å². The molecule has 1 heterocycles. The maximum absolute atomic E-state index is 12.5. The Bertz CT molecular complexity index is 555. The highest BCUT2D eigenvalue weighted by atomic mass is 79.9. The van der Waals surface area contributed by atoms with Crippen LogP contribution in [-0.2, 0) is 11.3 Å². The summed E-state index contributed by atoms with van der Waals surface area (Å²) >= 11 is 3.46. The second kappa shape index (κ2) is 7.42. The molecule has 0 saturated carbocycles. The van der Waals surface area contributed by atoms with Crippen LogP contribution < -0.4 is 0 Å². The number of unbranched alkanes of at least 4 members (excludes halogenated alkanes) is 3. The molecule has 1 unspecified atom stereocenters. The van der Waals surface area contributed by atoms with Crippen molar-refractivity contribution in [1.29, 1.82) is 0 Å². The Morgan fingerprint density at radius 1 is 1.18 bits per heavy atom. The van der Waals surface area contributed by atoms with Gasteiger partial charge < -0.3 is 10.0 Å². The summed E-state index contributed by atoms with van der Waals surface area (Å²) in [5.74, 6) is -0.0891. The van der Waals surface area contributed by atoms with Crippen molar-refractivity contribution < 1.29 is 9.90 Å². The molecule has 0 radical (unpaired) electrons. The molecule has 0 spiro atoms. The summed E-state index contributed by atoms with van der Waals surface area (Å²) < 4.78 is 0.623. The van der Waals surface area contributed by atoms with Gasteiger partial charge in [-0.1, -0.05) is 56.5 Å². The highest BCUT2D eigenvalue weighted by Crippen LogP contribution is 2.41. The maximum atomic E-state index is 12.5. The number of aliphatic hydroxyl groups is 1. The first-order chi connectivity index (χ1) is 10.5. The van der Waals surface area contributed by atoms with Crippen molar-refractivity contribution in [2.75, 3.05) is 0 Å². The summed E-state index contributed by atoms with van der Waals surface area (Å²) in [7, 11) is 0. The average Bonchev–Trinajstić information content (AvgIpc) is 2.69. The van der Waals surface area contributed by atoms with E-state index in [1.807, 2.05) is 30.3 Å². The first-order valence-electron chi connectivity index (χ1n) is 7.96. The first kappa shape index (κ1) is 17.2. The highest BCUT2D eigenvalue weighted by molar-refractivity contribution is 9.11. The van der Waals surface area contributed by atoms with Gasteiger partial charge in [0.15, 0.2) is 5.72 Å². The van der Waals surface area contributed by atoms with Crippen LogP contribution in [0.3, 0.4) is 0 Å². The molecule has 22 heavy (non-hydrogen) atoms. The third kappa shape index (κ3) is 3.44. The van der Waals surface area contributed by atoms with E-state index in [-0.39, 0.29) is 5.91 Å². The van der Waals surface area contributed by atoms with E-state index in [9.17, 15) is 9.90 Å². The molecule has 1 aromatic rings. The number of rotatable bonds is 7. The van der Waals surface area contributed by atoms with Crippen molar-refractivity contribution in [3.05, 3.63) is 46.0 Å². The number of carbonyl (C=O) groups excluding carboxylic acids is 1. The normalized spacial score (nSPS) is 21.8. The van der Waals surface area contributed by atoms with Gasteiger partial charge in [0.25, 0.3) is 5.91 Å². The van der Waals surface area contributed by atoms with Crippen molar-refractivity contribution in [1.82, 2.24) is 4.90 Å². The van der Waals surface area contributed by atoms with E-state index in [1.54, 1.807) is 11.8 Å². The molecule has 0 fully saturated rings. The number of hydrogen-bond donors (Lipinski definition) is 1. The Hall–Kier alpha value is -1.13. The third-order valence-electron chi connectivity index (χ3n) is 4.26. The quantitative estimate of drug-likeness (QED) is 0.729. The molecule has 1 atom stereocenters. The van der Waals surface area contributed by atoms with Crippen LogP contribution in [0.2, 0.25) is 0 Å². The van der Waals surface area contributed by atoms with E-state index in [0.29, 0.717) is 23.0 Å². The zero-order valence-corrected chi connectivity index (χ0v) is 14.9. The largest absolute Gasteiger partial charge is 0.366 e. The monoisotopic (exact) mass is 365 g/mol. The smallest absolute Gasteiger partial charge is 0.253 e. The fourth-order valence-corrected chi connectivity index (χ4v) is 3.48. The summed E-state index contributed by atoms with van der Waals surface area (Å²) in [6.07, 6.45) is 4.87. The number of hydrogen-bond acceptors (Lipinski definition) is 2. The molecule has 1 aromatic carbocycles. The van der Waals surface area contributed by atoms with Gasteiger partial charge in [-0.25, -0.2) is 0 Å². The molecule has 3 nitrogen and oxygen atoms in total. The molecule has 2 rings (SSSR count). The van der Waals surface area contributed by atoms with Crippen LogP contribution in [0.25, 0.3) is 0 Å². The SMILES string of the molecule is CCCCCCC1(O)C(Br)=C(C)C(=O)N1Cc1ccccc1. The Kier molecular flexibility index (Phi) is 5.81. The lowest BCUT2D eigenvalue weighted by atomic mass is 10.0. The lowest BCUT2D eigenvalue weighted by Gasteiger charge is -2.35. The second-order valence-corrected chi connectivity index (χ2v) is 6.74. The second-order valence-electron chi connectivity index (χ2n) is 5.94. The number of nitrogens with zero attached hydrogens (tertiary/aromatic N) is 1. The van der Waals surface area contributed by atoms with Crippen molar-refractivity contribution >= 4 is 21.8 Å². The van der Waals surface area contributed by atoms with Crippen LogP contribution in [0.4, 0.5) is 0 Å². The molecular weight excluding hydrogens is 342 g/mol. The zero-order chi connectivity index (χ0) is 16.2. The summed E-state index contributed by atoms with van der Waals surface area (Å²) in [6, 6.07) is 9.81. The van der Waals surface area contributed by atoms with Crippen LogP contribution in [0.1, 0.15) is 51.5 Å². The number of carbonyl (C=O) groups is 1. The Morgan fingerprint density at radius 2 is 1.86 bits per heavy atom. The van der Waals surface area contributed by atoms with Gasteiger partial charge in [-0.15, -0.1) is 0 Å².